The molecule has 2 N–H and O–H groups in total. The van der Waals surface area contributed by atoms with Crippen LogP contribution in [0.15, 0.2) is 0 Å². The summed E-state index contributed by atoms with van der Waals surface area (Å²) in [5, 5.41) is 0. The van der Waals surface area contributed by atoms with E-state index in [1.807, 2.05) is 0 Å². The highest BCUT2D eigenvalue weighted by Crippen LogP contribution is 2.50. The van der Waals surface area contributed by atoms with Gasteiger partial charge in [-0.3, -0.25) is 4.18 Å². The molecule has 0 spiro atoms. The lowest BCUT2D eigenvalue weighted by Gasteiger charge is -2.36. The van der Waals surface area contributed by atoms with Gasteiger partial charge in [0, 0.05) is 6.42 Å². The van der Waals surface area contributed by atoms with Crippen LogP contribution >= 0.6 is 10.9 Å². The van der Waals surface area contributed by atoms with E-state index in [2.05, 4.69) is 4.74 Å². The Labute approximate surface area is 83.7 Å². The summed E-state index contributed by atoms with van der Waals surface area (Å²) < 4.78 is 32.6. The largest absolute Gasteiger partial charge is 0.509 e. The maximum atomic E-state index is 10.9. The van der Waals surface area contributed by atoms with Crippen molar-refractivity contribution in [1.29, 1.82) is 0 Å². The molecule has 0 aromatic carbocycles. The highest BCUT2D eigenvalue weighted by atomic mass is 32.3. The van der Waals surface area contributed by atoms with Gasteiger partial charge in [-0.15, -0.1) is 0 Å². The average Bonchev–Trinajstić information content (AvgIpc) is 2.09. The van der Waals surface area contributed by atoms with Crippen LogP contribution < -0.4 is 0 Å². The van der Waals surface area contributed by atoms with E-state index in [0.29, 0.717) is 12.8 Å². The lowest BCUT2D eigenvalue weighted by Crippen LogP contribution is -2.30. The summed E-state index contributed by atoms with van der Waals surface area (Å²) in [7, 11) is -3.26. The number of ether oxygens (including phenoxy) is 2. The van der Waals surface area contributed by atoms with Crippen molar-refractivity contribution < 1.29 is 27.6 Å². The van der Waals surface area contributed by atoms with Crippen LogP contribution in [0.3, 0.4) is 0 Å². The summed E-state index contributed by atoms with van der Waals surface area (Å²) in [5.74, 6) is 0. The van der Waals surface area contributed by atoms with Gasteiger partial charge in [-0.05, 0) is 13.3 Å². The SMILES string of the molecule is CCOC(=O)OC1CCCOS1(O)O. The summed E-state index contributed by atoms with van der Waals surface area (Å²) >= 11 is 0. The fourth-order valence-corrected chi connectivity index (χ4v) is 2.23. The third-order valence-electron chi connectivity index (χ3n) is 1.67. The number of hydrogen-bond donors (Lipinski definition) is 2. The molecule has 0 aromatic rings. The third kappa shape index (κ3) is 3.02. The van der Waals surface area contributed by atoms with Crippen molar-refractivity contribution in [1.82, 2.24) is 0 Å². The number of carbonyl (C=O) groups is 1. The Hall–Kier alpha value is -0.500. The number of carbonyl (C=O) groups excluding carboxylic acids is 1. The first-order chi connectivity index (χ1) is 6.56. The zero-order valence-electron chi connectivity index (χ0n) is 7.84. The lowest BCUT2D eigenvalue weighted by atomic mass is 10.3. The van der Waals surface area contributed by atoms with Crippen molar-refractivity contribution >= 4 is 17.0 Å². The molecular weight excluding hydrogens is 212 g/mol. The quantitative estimate of drug-likeness (QED) is 0.700. The molecule has 0 amide bonds. The van der Waals surface area contributed by atoms with Gasteiger partial charge in [0.1, 0.15) is 10.9 Å². The molecule has 1 heterocycles. The monoisotopic (exact) mass is 226 g/mol. The molecule has 1 saturated heterocycles. The van der Waals surface area contributed by atoms with E-state index in [1.54, 1.807) is 6.92 Å². The van der Waals surface area contributed by atoms with Crippen molar-refractivity contribution in [2.75, 3.05) is 13.2 Å². The summed E-state index contributed by atoms with van der Waals surface area (Å²) in [6.45, 7) is 2.09. The van der Waals surface area contributed by atoms with Gasteiger partial charge >= 0.3 is 6.16 Å². The van der Waals surface area contributed by atoms with Crippen molar-refractivity contribution in [3.63, 3.8) is 0 Å². The molecular formula is C7H14O6S. The van der Waals surface area contributed by atoms with E-state index in [0.717, 1.165) is 0 Å². The van der Waals surface area contributed by atoms with E-state index in [9.17, 15) is 13.9 Å². The van der Waals surface area contributed by atoms with Gasteiger partial charge in [-0.1, -0.05) is 0 Å². The maximum absolute atomic E-state index is 10.9. The topological polar surface area (TPSA) is 85.2 Å². The Kier molecular flexibility index (Phi) is 3.99. The molecule has 1 unspecified atom stereocenters. The highest BCUT2D eigenvalue weighted by Gasteiger charge is 2.37. The Morgan fingerprint density at radius 1 is 1.64 bits per heavy atom. The lowest BCUT2D eigenvalue weighted by molar-refractivity contribution is 0.0298. The first-order valence-electron chi connectivity index (χ1n) is 4.31. The summed E-state index contributed by atoms with van der Waals surface area (Å²) in [5.41, 5.74) is -1.00. The molecule has 0 saturated carbocycles. The van der Waals surface area contributed by atoms with Crippen LogP contribution in [-0.4, -0.2) is 33.9 Å². The Morgan fingerprint density at radius 3 is 2.93 bits per heavy atom. The van der Waals surface area contributed by atoms with Gasteiger partial charge in [0.2, 0.25) is 5.44 Å². The molecule has 1 rings (SSSR count). The van der Waals surface area contributed by atoms with E-state index in [-0.39, 0.29) is 13.2 Å². The molecule has 6 nitrogen and oxygen atoms in total. The molecule has 1 aliphatic rings. The summed E-state index contributed by atoms with van der Waals surface area (Å²) in [6.07, 6.45) is 0.101. The van der Waals surface area contributed by atoms with E-state index in [4.69, 9.17) is 8.92 Å². The Morgan fingerprint density at radius 2 is 2.36 bits per heavy atom. The zero-order chi connectivity index (χ0) is 10.6. The second-order valence-corrected chi connectivity index (χ2v) is 4.57. The minimum absolute atomic E-state index is 0.186. The predicted molar refractivity (Wildman–Crippen MR) is 49.9 cm³/mol. The van der Waals surface area contributed by atoms with Crippen LogP contribution in [0.4, 0.5) is 4.79 Å². The summed E-state index contributed by atoms with van der Waals surface area (Å²) in [4.78, 5) is 10.9. The van der Waals surface area contributed by atoms with Crippen molar-refractivity contribution in [2.24, 2.45) is 0 Å². The molecule has 1 fully saturated rings. The van der Waals surface area contributed by atoms with Crippen LogP contribution in [0, 0.1) is 0 Å². The van der Waals surface area contributed by atoms with Crippen LogP contribution in [0.2, 0.25) is 0 Å². The third-order valence-corrected chi connectivity index (χ3v) is 3.20. The van der Waals surface area contributed by atoms with Crippen LogP contribution in [0.25, 0.3) is 0 Å². The van der Waals surface area contributed by atoms with Gasteiger partial charge in [0.05, 0.1) is 13.2 Å². The maximum Gasteiger partial charge on any atom is 0.509 e. The summed E-state index contributed by atoms with van der Waals surface area (Å²) in [6, 6.07) is 0. The molecule has 1 aliphatic heterocycles. The Balaban J connectivity index is 2.45. The van der Waals surface area contributed by atoms with E-state index in [1.165, 1.54) is 0 Å². The molecule has 0 bridgehead atoms. The van der Waals surface area contributed by atoms with E-state index < -0.39 is 22.5 Å². The minimum Gasteiger partial charge on any atom is -0.435 e. The second kappa shape index (κ2) is 4.83. The average molecular weight is 226 g/mol. The molecule has 1 atom stereocenters. The second-order valence-electron chi connectivity index (χ2n) is 2.73. The fraction of sp³-hybridized carbons (Fsp3) is 0.857. The van der Waals surface area contributed by atoms with E-state index >= 15 is 0 Å². The normalized spacial score (nSPS) is 27.8. The van der Waals surface area contributed by atoms with Gasteiger partial charge < -0.3 is 18.6 Å². The number of rotatable bonds is 2. The zero-order valence-corrected chi connectivity index (χ0v) is 8.66. The molecule has 84 valence electrons. The number of hydrogen-bond acceptors (Lipinski definition) is 6. The predicted octanol–water partition coefficient (Wildman–Crippen LogP) is 1.96. The smallest absolute Gasteiger partial charge is 0.435 e. The van der Waals surface area contributed by atoms with Crippen LogP contribution in [0.5, 0.6) is 0 Å². The van der Waals surface area contributed by atoms with Crippen LogP contribution in [-0.2, 0) is 13.7 Å². The molecule has 0 aliphatic carbocycles. The van der Waals surface area contributed by atoms with Gasteiger partial charge in [0.25, 0.3) is 0 Å². The Bertz CT molecular complexity index is 206. The van der Waals surface area contributed by atoms with Crippen molar-refractivity contribution in [3.05, 3.63) is 0 Å². The van der Waals surface area contributed by atoms with Gasteiger partial charge in [-0.25, -0.2) is 4.79 Å². The first-order valence-corrected chi connectivity index (χ1v) is 5.84. The molecule has 0 aromatic heterocycles. The first kappa shape index (κ1) is 11.6. The van der Waals surface area contributed by atoms with Crippen molar-refractivity contribution in [2.45, 2.75) is 25.2 Å². The molecule has 7 heteroatoms. The minimum atomic E-state index is -3.26. The molecule has 14 heavy (non-hydrogen) atoms. The van der Waals surface area contributed by atoms with Crippen LogP contribution in [0.1, 0.15) is 19.8 Å². The van der Waals surface area contributed by atoms with Gasteiger partial charge in [0.15, 0.2) is 0 Å². The standard InChI is InChI=1S/C7H14O6S/c1-2-11-7(8)13-6-4-3-5-12-14(6,9)10/h6,9-10H,2-5H2,1H3. The fourth-order valence-electron chi connectivity index (χ4n) is 1.04. The molecule has 0 radical (unpaired) electrons. The van der Waals surface area contributed by atoms with Gasteiger partial charge in [-0.2, -0.15) is 0 Å². The van der Waals surface area contributed by atoms with Crippen molar-refractivity contribution in [3.8, 4) is 0 Å². The highest BCUT2D eigenvalue weighted by molar-refractivity contribution is 8.20.